The number of anilines is 1. The maximum atomic E-state index is 12.1. The number of hydrogen-bond donors (Lipinski definition) is 2. The standard InChI is InChI=1S/C17H27N3OS/c1-7-20(11-15(21)19-17(4,5)6)16(22)18-14-10-12(2)8-9-13(14)3/h8-10H,7,11H2,1-6H3,(H,18,22)(H,19,21). The summed E-state index contributed by atoms with van der Waals surface area (Å²) in [6, 6.07) is 6.19. The second kappa shape index (κ2) is 7.58. The molecule has 0 saturated heterocycles. The van der Waals surface area contributed by atoms with Gasteiger partial charge >= 0.3 is 0 Å². The molecule has 2 N–H and O–H groups in total. The lowest BCUT2D eigenvalue weighted by molar-refractivity contribution is -0.122. The summed E-state index contributed by atoms with van der Waals surface area (Å²) in [6.45, 7) is 12.9. The first-order chi connectivity index (χ1) is 10.1. The van der Waals surface area contributed by atoms with Gasteiger partial charge in [0.1, 0.15) is 0 Å². The van der Waals surface area contributed by atoms with Crippen LogP contribution in [0.15, 0.2) is 18.2 Å². The van der Waals surface area contributed by atoms with Crippen molar-refractivity contribution in [2.24, 2.45) is 0 Å². The molecule has 0 saturated carbocycles. The van der Waals surface area contributed by atoms with Gasteiger partial charge in [-0.3, -0.25) is 4.79 Å². The van der Waals surface area contributed by atoms with Gasteiger partial charge in [0.25, 0.3) is 0 Å². The van der Waals surface area contributed by atoms with Crippen molar-refractivity contribution in [3.8, 4) is 0 Å². The van der Waals surface area contributed by atoms with Crippen molar-refractivity contribution in [2.45, 2.75) is 47.1 Å². The molecule has 0 aliphatic carbocycles. The minimum absolute atomic E-state index is 0.0283. The fraction of sp³-hybridized carbons (Fsp3) is 0.529. The lowest BCUT2D eigenvalue weighted by Gasteiger charge is -2.27. The summed E-state index contributed by atoms with van der Waals surface area (Å²) in [7, 11) is 0. The Bertz CT molecular complexity index is 549. The summed E-state index contributed by atoms with van der Waals surface area (Å²) in [5.41, 5.74) is 3.05. The molecule has 0 radical (unpaired) electrons. The van der Waals surface area contributed by atoms with E-state index in [1.807, 2.05) is 46.4 Å². The zero-order valence-electron chi connectivity index (χ0n) is 14.4. The topological polar surface area (TPSA) is 44.4 Å². The molecule has 0 aliphatic heterocycles. The van der Waals surface area contributed by atoms with Crippen LogP contribution in [0.1, 0.15) is 38.8 Å². The van der Waals surface area contributed by atoms with E-state index in [4.69, 9.17) is 12.2 Å². The van der Waals surface area contributed by atoms with Gasteiger partial charge in [-0.2, -0.15) is 0 Å². The molecule has 1 rings (SSSR count). The van der Waals surface area contributed by atoms with E-state index in [2.05, 4.69) is 28.8 Å². The number of rotatable bonds is 4. The van der Waals surface area contributed by atoms with Gasteiger partial charge < -0.3 is 15.5 Å². The van der Waals surface area contributed by atoms with Crippen molar-refractivity contribution in [1.29, 1.82) is 0 Å². The molecule has 1 aromatic carbocycles. The van der Waals surface area contributed by atoms with E-state index in [9.17, 15) is 4.79 Å². The largest absolute Gasteiger partial charge is 0.350 e. The Morgan fingerprint density at radius 1 is 1.27 bits per heavy atom. The molecule has 122 valence electrons. The summed E-state index contributed by atoms with van der Waals surface area (Å²) < 4.78 is 0. The zero-order chi connectivity index (χ0) is 16.9. The first-order valence-electron chi connectivity index (χ1n) is 7.56. The highest BCUT2D eigenvalue weighted by atomic mass is 32.1. The van der Waals surface area contributed by atoms with E-state index in [-0.39, 0.29) is 18.0 Å². The van der Waals surface area contributed by atoms with Crippen molar-refractivity contribution in [3.63, 3.8) is 0 Å². The van der Waals surface area contributed by atoms with Gasteiger partial charge in [-0.1, -0.05) is 12.1 Å². The molecule has 4 nitrogen and oxygen atoms in total. The molecule has 0 atom stereocenters. The average Bonchev–Trinajstić information content (AvgIpc) is 2.38. The van der Waals surface area contributed by atoms with E-state index >= 15 is 0 Å². The van der Waals surface area contributed by atoms with Crippen molar-refractivity contribution in [3.05, 3.63) is 29.3 Å². The predicted octanol–water partition coefficient (Wildman–Crippen LogP) is 3.24. The molecule has 1 amide bonds. The number of aryl methyl sites for hydroxylation is 2. The monoisotopic (exact) mass is 321 g/mol. The van der Waals surface area contributed by atoms with E-state index in [0.29, 0.717) is 11.7 Å². The van der Waals surface area contributed by atoms with Crippen LogP contribution in [0, 0.1) is 13.8 Å². The first-order valence-corrected chi connectivity index (χ1v) is 7.97. The van der Waals surface area contributed by atoms with Gasteiger partial charge in [0.15, 0.2) is 5.11 Å². The van der Waals surface area contributed by atoms with Gasteiger partial charge in [-0.25, -0.2) is 0 Å². The first kappa shape index (κ1) is 18.4. The van der Waals surface area contributed by atoms with Crippen molar-refractivity contribution >= 4 is 28.9 Å². The van der Waals surface area contributed by atoms with Crippen molar-refractivity contribution in [1.82, 2.24) is 10.2 Å². The smallest absolute Gasteiger partial charge is 0.240 e. The molecule has 0 fully saturated rings. The van der Waals surface area contributed by atoms with E-state index in [0.717, 1.165) is 11.3 Å². The normalized spacial score (nSPS) is 11.0. The minimum Gasteiger partial charge on any atom is -0.350 e. The highest BCUT2D eigenvalue weighted by molar-refractivity contribution is 7.80. The minimum atomic E-state index is -0.237. The number of carbonyl (C=O) groups excluding carboxylic acids is 1. The molecule has 0 unspecified atom stereocenters. The Kier molecular flexibility index (Phi) is 6.35. The fourth-order valence-electron chi connectivity index (χ4n) is 2.02. The molecular weight excluding hydrogens is 294 g/mol. The van der Waals surface area contributed by atoms with Crippen LogP contribution in [-0.2, 0) is 4.79 Å². The fourth-order valence-corrected chi connectivity index (χ4v) is 2.33. The highest BCUT2D eigenvalue weighted by Crippen LogP contribution is 2.17. The van der Waals surface area contributed by atoms with E-state index < -0.39 is 0 Å². The quantitative estimate of drug-likeness (QED) is 0.836. The number of nitrogens with zero attached hydrogens (tertiary/aromatic N) is 1. The Balaban J connectivity index is 2.72. The Morgan fingerprint density at radius 2 is 1.91 bits per heavy atom. The number of likely N-dealkylation sites (N-methyl/N-ethyl adjacent to an activating group) is 1. The van der Waals surface area contributed by atoms with Gasteiger partial charge in [-0.05, 0) is 71.0 Å². The van der Waals surface area contributed by atoms with Gasteiger partial charge in [0.2, 0.25) is 5.91 Å². The molecule has 1 aromatic rings. The Hall–Kier alpha value is -1.62. The van der Waals surface area contributed by atoms with Crippen LogP contribution in [0.3, 0.4) is 0 Å². The summed E-state index contributed by atoms with van der Waals surface area (Å²) in [5, 5.41) is 6.77. The van der Waals surface area contributed by atoms with Crippen LogP contribution in [0.5, 0.6) is 0 Å². The van der Waals surface area contributed by atoms with Crippen LogP contribution in [-0.4, -0.2) is 34.5 Å². The van der Waals surface area contributed by atoms with Gasteiger partial charge in [0, 0.05) is 17.8 Å². The zero-order valence-corrected chi connectivity index (χ0v) is 15.2. The maximum absolute atomic E-state index is 12.1. The molecule has 0 aromatic heterocycles. The molecule has 0 spiro atoms. The molecule has 22 heavy (non-hydrogen) atoms. The number of amides is 1. The van der Waals surface area contributed by atoms with Crippen LogP contribution in [0.2, 0.25) is 0 Å². The second-order valence-electron chi connectivity index (χ2n) is 6.56. The third-order valence-electron chi connectivity index (χ3n) is 3.15. The SMILES string of the molecule is CCN(CC(=O)NC(C)(C)C)C(=S)Nc1cc(C)ccc1C. The number of carbonyl (C=O) groups is 1. The Labute approximate surface area is 139 Å². The third kappa shape index (κ3) is 6.02. The number of thiocarbonyl (C=S) groups is 1. The van der Waals surface area contributed by atoms with Crippen molar-refractivity contribution in [2.75, 3.05) is 18.4 Å². The van der Waals surface area contributed by atoms with E-state index in [1.54, 1.807) is 0 Å². The van der Waals surface area contributed by atoms with E-state index in [1.165, 1.54) is 5.56 Å². The molecule has 0 heterocycles. The predicted molar refractivity (Wildman–Crippen MR) is 97.3 cm³/mol. The van der Waals surface area contributed by atoms with Gasteiger partial charge in [0.05, 0.1) is 6.54 Å². The van der Waals surface area contributed by atoms with Crippen LogP contribution < -0.4 is 10.6 Å². The second-order valence-corrected chi connectivity index (χ2v) is 6.95. The molecule has 0 aliphatic rings. The van der Waals surface area contributed by atoms with Crippen LogP contribution in [0.4, 0.5) is 5.69 Å². The summed E-state index contributed by atoms with van der Waals surface area (Å²) >= 11 is 5.45. The molecule has 0 bridgehead atoms. The van der Waals surface area contributed by atoms with Crippen molar-refractivity contribution < 1.29 is 4.79 Å². The average molecular weight is 321 g/mol. The van der Waals surface area contributed by atoms with Gasteiger partial charge in [-0.15, -0.1) is 0 Å². The number of nitrogens with one attached hydrogen (secondary N) is 2. The maximum Gasteiger partial charge on any atom is 0.240 e. The number of hydrogen-bond acceptors (Lipinski definition) is 2. The van der Waals surface area contributed by atoms with Crippen LogP contribution in [0.25, 0.3) is 0 Å². The Morgan fingerprint density at radius 3 is 2.45 bits per heavy atom. The molecule has 5 heteroatoms. The molecular formula is C17H27N3OS. The number of benzene rings is 1. The summed E-state index contributed by atoms with van der Waals surface area (Å²) in [4.78, 5) is 13.9. The summed E-state index contributed by atoms with van der Waals surface area (Å²) in [6.07, 6.45) is 0. The summed E-state index contributed by atoms with van der Waals surface area (Å²) in [5.74, 6) is -0.0283. The lowest BCUT2D eigenvalue weighted by Crippen LogP contribution is -2.48. The van der Waals surface area contributed by atoms with Crippen LogP contribution >= 0.6 is 12.2 Å². The highest BCUT2D eigenvalue weighted by Gasteiger charge is 2.18. The lowest BCUT2D eigenvalue weighted by atomic mass is 10.1. The third-order valence-corrected chi connectivity index (χ3v) is 3.51.